The fourth-order valence-electron chi connectivity index (χ4n) is 3.81. The van der Waals surface area contributed by atoms with Crippen molar-refractivity contribution in [1.29, 1.82) is 0 Å². The Labute approximate surface area is 158 Å². The number of nitrogens with one attached hydrogen (secondary N) is 1. The first kappa shape index (κ1) is 17.9. The minimum absolute atomic E-state index is 0.0163. The molecule has 0 aliphatic carbocycles. The number of amides is 1. The number of fused-ring (bicyclic) bond motifs is 1. The zero-order valence-electron chi connectivity index (χ0n) is 15.9. The topological polar surface area (TPSA) is 85.2 Å². The Bertz CT molecular complexity index is 810. The monoisotopic (exact) mass is 370 g/mol. The second-order valence-electron chi connectivity index (χ2n) is 7.45. The molecule has 2 aromatic heterocycles. The highest BCUT2D eigenvalue weighted by Gasteiger charge is 2.29. The molecule has 4 heterocycles. The summed E-state index contributed by atoms with van der Waals surface area (Å²) in [6, 6.07) is 1.78. The van der Waals surface area contributed by atoms with E-state index in [1.807, 2.05) is 18.7 Å². The molecule has 2 aliphatic rings. The van der Waals surface area contributed by atoms with E-state index in [1.165, 1.54) is 0 Å². The van der Waals surface area contributed by atoms with Crippen LogP contribution in [0.2, 0.25) is 0 Å². The average molecular weight is 370 g/mol. The van der Waals surface area contributed by atoms with Gasteiger partial charge in [0.1, 0.15) is 17.4 Å². The molecule has 0 spiro atoms. The minimum atomic E-state index is 0.0163. The number of ether oxygens (including phenoxy) is 1. The van der Waals surface area contributed by atoms with Crippen LogP contribution in [0.15, 0.2) is 18.5 Å². The summed E-state index contributed by atoms with van der Waals surface area (Å²) in [7, 11) is 0. The maximum atomic E-state index is 12.9. The van der Waals surface area contributed by atoms with Crippen molar-refractivity contribution in [2.24, 2.45) is 0 Å². The van der Waals surface area contributed by atoms with Crippen LogP contribution in [0, 0.1) is 0 Å². The fraction of sp³-hybridized carbons (Fsp3) is 0.579. The van der Waals surface area contributed by atoms with Crippen molar-refractivity contribution in [3.8, 4) is 5.75 Å². The number of nitrogens with zero attached hydrogens (tertiary/aromatic N) is 5. The fourth-order valence-corrected chi connectivity index (χ4v) is 3.81. The van der Waals surface area contributed by atoms with Crippen LogP contribution in [-0.4, -0.2) is 56.3 Å². The number of carbonyl (C=O) groups excluding carboxylic acids is 1. The highest BCUT2D eigenvalue weighted by molar-refractivity contribution is 5.94. The first-order chi connectivity index (χ1) is 13.1. The van der Waals surface area contributed by atoms with Crippen molar-refractivity contribution in [2.75, 3.05) is 19.6 Å². The quantitative estimate of drug-likeness (QED) is 0.880. The Balaban J connectivity index is 1.40. The Morgan fingerprint density at radius 1 is 1.22 bits per heavy atom. The summed E-state index contributed by atoms with van der Waals surface area (Å²) in [6.45, 7) is 8.02. The maximum absolute atomic E-state index is 12.9. The lowest BCUT2D eigenvalue weighted by Crippen LogP contribution is -2.39. The Hall–Kier alpha value is -2.48. The molecule has 0 radical (unpaired) electrons. The van der Waals surface area contributed by atoms with Gasteiger partial charge in [0, 0.05) is 38.3 Å². The molecule has 2 aromatic rings. The minimum Gasteiger partial charge on any atom is -0.489 e. The van der Waals surface area contributed by atoms with E-state index in [2.05, 4.69) is 25.1 Å². The molecule has 144 valence electrons. The molecule has 2 aliphatic heterocycles. The van der Waals surface area contributed by atoms with Crippen LogP contribution >= 0.6 is 0 Å². The summed E-state index contributed by atoms with van der Waals surface area (Å²) in [5, 5.41) is 12.1. The number of aromatic nitrogens is 4. The van der Waals surface area contributed by atoms with Gasteiger partial charge in [-0.3, -0.25) is 9.78 Å². The molecule has 1 fully saturated rings. The van der Waals surface area contributed by atoms with Gasteiger partial charge in [0.25, 0.3) is 5.91 Å². The molecule has 0 aromatic carbocycles. The van der Waals surface area contributed by atoms with Gasteiger partial charge in [-0.05, 0) is 32.8 Å². The van der Waals surface area contributed by atoms with Crippen LogP contribution < -0.4 is 10.1 Å². The van der Waals surface area contributed by atoms with E-state index in [9.17, 15) is 4.79 Å². The number of hydrogen-bond acceptors (Lipinski definition) is 6. The van der Waals surface area contributed by atoms with E-state index < -0.39 is 0 Å². The molecule has 0 saturated carbocycles. The summed E-state index contributed by atoms with van der Waals surface area (Å²) in [5.74, 6) is 3.11. The van der Waals surface area contributed by atoms with E-state index in [0.717, 1.165) is 57.2 Å². The van der Waals surface area contributed by atoms with Crippen LogP contribution in [0.3, 0.4) is 0 Å². The van der Waals surface area contributed by atoms with Crippen molar-refractivity contribution < 1.29 is 9.53 Å². The zero-order chi connectivity index (χ0) is 18.8. The maximum Gasteiger partial charge on any atom is 0.255 e. The molecule has 1 saturated heterocycles. The third-order valence-corrected chi connectivity index (χ3v) is 5.13. The van der Waals surface area contributed by atoms with Crippen LogP contribution in [-0.2, 0) is 13.1 Å². The standard InChI is InChI=1S/C19H26N6O2/c1-13(2)27-16-9-15(10-21-11-16)19(26)24-6-3-14(4-7-24)18-23-22-17-12-20-5-8-25(17)18/h9-11,13-14,20H,3-8,12H2,1-2H3. The number of rotatable bonds is 4. The highest BCUT2D eigenvalue weighted by atomic mass is 16.5. The van der Waals surface area contributed by atoms with Crippen LogP contribution in [0.5, 0.6) is 5.75 Å². The summed E-state index contributed by atoms with van der Waals surface area (Å²) in [6.07, 6.45) is 5.13. The van der Waals surface area contributed by atoms with Gasteiger partial charge >= 0.3 is 0 Å². The van der Waals surface area contributed by atoms with E-state index in [1.54, 1.807) is 18.5 Å². The molecule has 0 unspecified atom stereocenters. The first-order valence-electron chi connectivity index (χ1n) is 9.65. The van der Waals surface area contributed by atoms with Crippen LogP contribution in [0.25, 0.3) is 0 Å². The van der Waals surface area contributed by atoms with Gasteiger partial charge in [-0.1, -0.05) is 0 Å². The summed E-state index contributed by atoms with van der Waals surface area (Å²) >= 11 is 0. The van der Waals surface area contributed by atoms with E-state index in [0.29, 0.717) is 17.2 Å². The molecule has 8 heteroatoms. The largest absolute Gasteiger partial charge is 0.489 e. The molecule has 4 rings (SSSR count). The van der Waals surface area contributed by atoms with Crippen molar-refractivity contribution in [3.05, 3.63) is 35.7 Å². The average Bonchev–Trinajstić information content (AvgIpc) is 3.11. The highest BCUT2D eigenvalue weighted by Crippen LogP contribution is 2.28. The van der Waals surface area contributed by atoms with Gasteiger partial charge in [0.05, 0.1) is 24.4 Å². The van der Waals surface area contributed by atoms with E-state index in [-0.39, 0.29) is 12.0 Å². The third kappa shape index (κ3) is 3.80. The number of piperidine rings is 1. The van der Waals surface area contributed by atoms with Gasteiger partial charge < -0.3 is 19.5 Å². The van der Waals surface area contributed by atoms with Crippen molar-refractivity contribution >= 4 is 5.91 Å². The second kappa shape index (κ2) is 7.64. The summed E-state index contributed by atoms with van der Waals surface area (Å²) < 4.78 is 7.90. The van der Waals surface area contributed by atoms with Crippen molar-refractivity contribution in [2.45, 2.75) is 51.8 Å². The van der Waals surface area contributed by atoms with Crippen LogP contribution in [0.4, 0.5) is 0 Å². The lowest BCUT2D eigenvalue weighted by Gasteiger charge is -2.32. The van der Waals surface area contributed by atoms with Crippen molar-refractivity contribution in [3.63, 3.8) is 0 Å². The number of carbonyl (C=O) groups is 1. The van der Waals surface area contributed by atoms with Crippen molar-refractivity contribution in [1.82, 2.24) is 30.0 Å². The molecule has 8 nitrogen and oxygen atoms in total. The molecular weight excluding hydrogens is 344 g/mol. The third-order valence-electron chi connectivity index (χ3n) is 5.13. The Morgan fingerprint density at radius 2 is 2.04 bits per heavy atom. The van der Waals surface area contributed by atoms with Gasteiger partial charge in [-0.25, -0.2) is 0 Å². The number of likely N-dealkylation sites (tertiary alicyclic amines) is 1. The number of pyridine rings is 1. The molecular formula is C19H26N6O2. The smallest absolute Gasteiger partial charge is 0.255 e. The van der Waals surface area contributed by atoms with E-state index in [4.69, 9.17) is 4.74 Å². The van der Waals surface area contributed by atoms with Gasteiger partial charge in [-0.15, -0.1) is 10.2 Å². The number of hydrogen-bond donors (Lipinski definition) is 1. The van der Waals surface area contributed by atoms with E-state index >= 15 is 0 Å². The molecule has 27 heavy (non-hydrogen) atoms. The Kier molecular flexibility index (Phi) is 5.07. The summed E-state index contributed by atoms with van der Waals surface area (Å²) in [5.41, 5.74) is 0.581. The SMILES string of the molecule is CC(C)Oc1cncc(C(=O)N2CCC(c3nnc4n3CCNC4)CC2)c1. The molecule has 0 bridgehead atoms. The normalized spacial score (nSPS) is 17.8. The van der Waals surface area contributed by atoms with Gasteiger partial charge in [0.2, 0.25) is 0 Å². The zero-order valence-corrected chi connectivity index (χ0v) is 15.9. The summed E-state index contributed by atoms with van der Waals surface area (Å²) in [4.78, 5) is 18.9. The predicted molar refractivity (Wildman–Crippen MR) is 99.6 cm³/mol. The van der Waals surface area contributed by atoms with Crippen LogP contribution in [0.1, 0.15) is 54.6 Å². The predicted octanol–water partition coefficient (Wildman–Crippen LogP) is 1.58. The second-order valence-corrected chi connectivity index (χ2v) is 7.45. The lowest BCUT2D eigenvalue weighted by molar-refractivity contribution is 0.0709. The van der Waals surface area contributed by atoms with Gasteiger partial charge in [-0.2, -0.15) is 0 Å². The Morgan fingerprint density at radius 3 is 2.81 bits per heavy atom. The lowest BCUT2D eigenvalue weighted by atomic mass is 9.95. The van der Waals surface area contributed by atoms with Gasteiger partial charge in [0.15, 0.2) is 0 Å². The molecule has 0 atom stereocenters. The molecule has 1 N–H and O–H groups in total. The molecule has 1 amide bonds. The first-order valence-corrected chi connectivity index (χ1v) is 9.65.